The van der Waals surface area contributed by atoms with E-state index < -0.39 is 10.0 Å². The number of nitrogens with zero attached hydrogens (tertiary/aromatic N) is 1. The number of hydrogen-bond donors (Lipinski definition) is 2. The fourth-order valence-corrected chi connectivity index (χ4v) is 5.82. The molecule has 2 aliphatic heterocycles. The molecule has 0 aromatic heterocycles. The lowest BCUT2D eigenvalue weighted by atomic mass is 9.97. The van der Waals surface area contributed by atoms with Crippen LogP contribution in [-0.2, 0) is 19.6 Å². The number of nitrogens with one attached hydrogen (secondary N) is 2. The van der Waals surface area contributed by atoms with Crippen molar-refractivity contribution in [3.8, 4) is 0 Å². The Balaban J connectivity index is 1.34. The minimum absolute atomic E-state index is 0.0343. The molecule has 0 unspecified atom stereocenters. The van der Waals surface area contributed by atoms with Crippen molar-refractivity contribution in [2.45, 2.75) is 43.6 Å². The maximum atomic E-state index is 12.9. The highest BCUT2D eigenvalue weighted by Crippen LogP contribution is 2.26. The van der Waals surface area contributed by atoms with Gasteiger partial charge in [-0.1, -0.05) is 29.8 Å². The van der Waals surface area contributed by atoms with Gasteiger partial charge < -0.3 is 15.4 Å². The summed E-state index contributed by atoms with van der Waals surface area (Å²) in [5.41, 5.74) is 1.84. The number of aryl methyl sites for hydroxylation is 1. The van der Waals surface area contributed by atoms with Gasteiger partial charge in [0.05, 0.1) is 22.3 Å². The summed E-state index contributed by atoms with van der Waals surface area (Å²) in [6, 6.07) is 13.7. The molecule has 2 aromatic carbocycles. The van der Waals surface area contributed by atoms with Crippen LogP contribution in [0.25, 0.3) is 0 Å². The standard InChI is InChI=1S/C25H31N3O5S/c1-18-8-10-21(11-9-18)34(31,32)28-14-12-19(13-15-28)24(29)27-23-7-3-2-6-22(23)25(30)26-17-20-5-4-16-33-20/h2-3,6-11,19-20H,4-5,12-17H2,1H3,(H,26,30)(H,27,29)/t20-/m0/s1. The number of carbonyl (C=O) groups excluding carboxylic acids is 2. The van der Waals surface area contributed by atoms with Gasteiger partial charge in [-0.05, 0) is 56.9 Å². The average molecular weight is 486 g/mol. The summed E-state index contributed by atoms with van der Waals surface area (Å²) >= 11 is 0. The third kappa shape index (κ3) is 5.65. The van der Waals surface area contributed by atoms with E-state index in [1.807, 2.05) is 6.92 Å². The van der Waals surface area contributed by atoms with Crippen molar-refractivity contribution in [2.24, 2.45) is 5.92 Å². The molecule has 0 radical (unpaired) electrons. The molecule has 0 spiro atoms. The van der Waals surface area contributed by atoms with Crippen LogP contribution in [0.1, 0.15) is 41.6 Å². The first-order chi connectivity index (χ1) is 16.3. The summed E-state index contributed by atoms with van der Waals surface area (Å²) in [6.07, 6.45) is 2.80. The molecule has 0 aliphatic carbocycles. The highest BCUT2D eigenvalue weighted by atomic mass is 32.2. The number of anilines is 1. The Morgan fingerprint density at radius 3 is 2.41 bits per heavy atom. The van der Waals surface area contributed by atoms with Gasteiger partial charge in [-0.2, -0.15) is 4.31 Å². The molecule has 2 saturated heterocycles. The average Bonchev–Trinajstić information content (AvgIpc) is 3.37. The number of benzene rings is 2. The first kappa shape index (κ1) is 24.4. The van der Waals surface area contributed by atoms with Crippen LogP contribution in [0.2, 0.25) is 0 Å². The van der Waals surface area contributed by atoms with Crippen LogP contribution in [0, 0.1) is 12.8 Å². The van der Waals surface area contributed by atoms with E-state index in [1.54, 1.807) is 48.5 Å². The summed E-state index contributed by atoms with van der Waals surface area (Å²) in [6.45, 7) is 3.62. The summed E-state index contributed by atoms with van der Waals surface area (Å²) in [5, 5.41) is 5.77. The summed E-state index contributed by atoms with van der Waals surface area (Å²) in [4.78, 5) is 25.9. The van der Waals surface area contributed by atoms with E-state index in [2.05, 4.69) is 10.6 Å². The van der Waals surface area contributed by atoms with E-state index in [-0.39, 0.29) is 41.8 Å². The molecule has 2 aromatic rings. The van der Waals surface area contributed by atoms with Gasteiger partial charge >= 0.3 is 0 Å². The number of carbonyl (C=O) groups is 2. The molecule has 2 N–H and O–H groups in total. The molecule has 2 aliphatic rings. The second-order valence-corrected chi connectivity index (χ2v) is 10.8. The van der Waals surface area contributed by atoms with Crippen molar-refractivity contribution in [2.75, 3.05) is 31.6 Å². The molecule has 0 saturated carbocycles. The maximum absolute atomic E-state index is 12.9. The Kier molecular flexibility index (Phi) is 7.65. The van der Waals surface area contributed by atoms with Crippen molar-refractivity contribution in [1.82, 2.24) is 9.62 Å². The van der Waals surface area contributed by atoms with Crippen LogP contribution >= 0.6 is 0 Å². The van der Waals surface area contributed by atoms with Crippen LogP contribution in [0.4, 0.5) is 5.69 Å². The van der Waals surface area contributed by atoms with Crippen LogP contribution in [-0.4, -0.2) is 56.9 Å². The first-order valence-electron chi connectivity index (χ1n) is 11.7. The van der Waals surface area contributed by atoms with Gasteiger partial charge in [0.1, 0.15) is 0 Å². The lowest BCUT2D eigenvalue weighted by molar-refractivity contribution is -0.120. The number of amides is 2. The molecule has 2 amide bonds. The molecular weight excluding hydrogens is 454 g/mol. The summed E-state index contributed by atoms with van der Waals surface area (Å²) in [5.74, 6) is -0.787. The third-order valence-electron chi connectivity index (χ3n) is 6.43. The minimum atomic E-state index is -3.58. The number of ether oxygens (including phenoxy) is 1. The Bertz CT molecular complexity index is 1120. The summed E-state index contributed by atoms with van der Waals surface area (Å²) in [7, 11) is -3.58. The van der Waals surface area contributed by atoms with Crippen molar-refractivity contribution >= 4 is 27.5 Å². The fraction of sp³-hybridized carbons (Fsp3) is 0.440. The van der Waals surface area contributed by atoms with Crippen molar-refractivity contribution in [3.63, 3.8) is 0 Å². The lowest BCUT2D eigenvalue weighted by Gasteiger charge is -2.30. The van der Waals surface area contributed by atoms with E-state index in [9.17, 15) is 18.0 Å². The van der Waals surface area contributed by atoms with Crippen LogP contribution < -0.4 is 10.6 Å². The van der Waals surface area contributed by atoms with Gasteiger partial charge in [0.25, 0.3) is 5.91 Å². The van der Waals surface area contributed by atoms with Crippen LogP contribution in [0.5, 0.6) is 0 Å². The molecule has 182 valence electrons. The number of piperidine rings is 1. The molecular formula is C25H31N3O5S. The SMILES string of the molecule is Cc1ccc(S(=O)(=O)N2CCC(C(=O)Nc3ccccc3C(=O)NC[C@@H]3CCCO3)CC2)cc1. The zero-order chi connectivity index (χ0) is 24.1. The molecule has 2 fully saturated rings. The highest BCUT2D eigenvalue weighted by Gasteiger charge is 2.32. The van der Waals surface area contributed by atoms with Gasteiger partial charge in [-0.3, -0.25) is 9.59 Å². The van der Waals surface area contributed by atoms with Crippen molar-refractivity contribution < 1.29 is 22.7 Å². The summed E-state index contributed by atoms with van der Waals surface area (Å²) < 4.78 is 32.8. The zero-order valence-corrected chi connectivity index (χ0v) is 20.1. The molecule has 1 atom stereocenters. The van der Waals surface area contributed by atoms with Gasteiger partial charge in [-0.15, -0.1) is 0 Å². The van der Waals surface area contributed by atoms with E-state index in [0.717, 1.165) is 25.0 Å². The molecule has 2 heterocycles. The number of sulfonamides is 1. The normalized spacial score (nSPS) is 19.6. The second kappa shape index (κ2) is 10.7. The zero-order valence-electron chi connectivity index (χ0n) is 19.3. The third-order valence-corrected chi connectivity index (χ3v) is 8.34. The maximum Gasteiger partial charge on any atom is 0.253 e. The molecule has 4 rings (SSSR count). The number of rotatable bonds is 7. The van der Waals surface area contributed by atoms with E-state index in [0.29, 0.717) is 30.6 Å². The monoisotopic (exact) mass is 485 g/mol. The first-order valence-corrected chi connectivity index (χ1v) is 13.1. The molecule has 8 nitrogen and oxygen atoms in total. The Labute approximate surface area is 200 Å². The second-order valence-electron chi connectivity index (χ2n) is 8.87. The van der Waals surface area contributed by atoms with Gasteiger partial charge in [0, 0.05) is 32.2 Å². The van der Waals surface area contributed by atoms with Gasteiger partial charge in [-0.25, -0.2) is 8.42 Å². The van der Waals surface area contributed by atoms with E-state index in [1.165, 1.54) is 4.31 Å². The largest absolute Gasteiger partial charge is 0.376 e. The quantitative estimate of drug-likeness (QED) is 0.628. The van der Waals surface area contributed by atoms with Crippen molar-refractivity contribution in [1.29, 1.82) is 0 Å². The van der Waals surface area contributed by atoms with E-state index >= 15 is 0 Å². The Morgan fingerprint density at radius 2 is 1.74 bits per heavy atom. The topological polar surface area (TPSA) is 105 Å². The fourth-order valence-electron chi connectivity index (χ4n) is 4.35. The van der Waals surface area contributed by atoms with Gasteiger partial charge in [0.15, 0.2) is 0 Å². The predicted molar refractivity (Wildman–Crippen MR) is 129 cm³/mol. The lowest BCUT2D eigenvalue weighted by Crippen LogP contribution is -2.41. The van der Waals surface area contributed by atoms with E-state index in [4.69, 9.17) is 4.74 Å². The molecule has 34 heavy (non-hydrogen) atoms. The number of hydrogen-bond acceptors (Lipinski definition) is 5. The number of para-hydroxylation sites is 1. The minimum Gasteiger partial charge on any atom is -0.376 e. The Morgan fingerprint density at radius 1 is 1.03 bits per heavy atom. The van der Waals surface area contributed by atoms with Gasteiger partial charge in [0.2, 0.25) is 15.9 Å². The highest BCUT2D eigenvalue weighted by molar-refractivity contribution is 7.89. The predicted octanol–water partition coefficient (Wildman–Crippen LogP) is 2.94. The molecule has 9 heteroatoms. The van der Waals surface area contributed by atoms with Crippen LogP contribution in [0.3, 0.4) is 0 Å². The van der Waals surface area contributed by atoms with Crippen LogP contribution in [0.15, 0.2) is 53.4 Å². The Hall–Kier alpha value is -2.75. The smallest absolute Gasteiger partial charge is 0.253 e. The van der Waals surface area contributed by atoms with Crippen molar-refractivity contribution in [3.05, 3.63) is 59.7 Å². The molecule has 0 bridgehead atoms.